The summed E-state index contributed by atoms with van der Waals surface area (Å²) in [5.41, 5.74) is 1.13. The summed E-state index contributed by atoms with van der Waals surface area (Å²) in [5.74, 6) is -0.188. The van der Waals surface area contributed by atoms with E-state index in [9.17, 15) is 4.39 Å². The van der Waals surface area contributed by atoms with Crippen molar-refractivity contribution < 1.29 is 4.39 Å². The average Bonchev–Trinajstić information content (AvgIpc) is 2.78. The van der Waals surface area contributed by atoms with E-state index in [1.807, 2.05) is 25.3 Å². The molecule has 1 unspecified atom stereocenters. The van der Waals surface area contributed by atoms with E-state index in [1.54, 1.807) is 11.3 Å². The number of nitrogens with one attached hydrogen (secondary N) is 1. The van der Waals surface area contributed by atoms with Crippen LogP contribution in [-0.2, 0) is 6.54 Å². The lowest BCUT2D eigenvalue weighted by atomic mass is 10.0. The van der Waals surface area contributed by atoms with E-state index in [4.69, 9.17) is 0 Å². The fourth-order valence-electron chi connectivity index (χ4n) is 1.90. The van der Waals surface area contributed by atoms with Gasteiger partial charge < -0.3 is 5.32 Å². The number of nitrogens with zero attached hydrogens (tertiary/aromatic N) is 1. The van der Waals surface area contributed by atoms with Crippen LogP contribution in [0.25, 0.3) is 0 Å². The minimum Gasteiger partial charge on any atom is -0.305 e. The molecule has 0 bridgehead atoms. The van der Waals surface area contributed by atoms with Gasteiger partial charge in [-0.25, -0.2) is 9.37 Å². The molecule has 1 heterocycles. The summed E-state index contributed by atoms with van der Waals surface area (Å²) < 4.78 is 12.9. The van der Waals surface area contributed by atoms with Crippen LogP contribution in [0.4, 0.5) is 4.39 Å². The zero-order valence-electron chi connectivity index (χ0n) is 10.6. The second kappa shape index (κ2) is 6.07. The topological polar surface area (TPSA) is 24.9 Å². The molecular weight excluding hydrogens is 247 g/mol. The van der Waals surface area contributed by atoms with E-state index in [0.717, 1.165) is 23.5 Å². The molecule has 2 nitrogen and oxygen atoms in total. The molecule has 0 aliphatic rings. The standard InChI is InChI=1S/C14H17FN2S/c1-3-14(11-4-6-12(15)7-5-11)17-9-13-8-16-10(2)18-13/h4-8,14,17H,3,9H2,1-2H3. The number of rotatable bonds is 5. The maximum absolute atomic E-state index is 12.9. The lowest BCUT2D eigenvalue weighted by molar-refractivity contribution is 0.520. The largest absolute Gasteiger partial charge is 0.305 e. The minimum absolute atomic E-state index is 0.188. The van der Waals surface area contributed by atoms with Crippen molar-refractivity contribution >= 4 is 11.3 Å². The van der Waals surface area contributed by atoms with E-state index in [-0.39, 0.29) is 11.9 Å². The number of benzene rings is 1. The maximum Gasteiger partial charge on any atom is 0.123 e. The van der Waals surface area contributed by atoms with Gasteiger partial charge in [-0.1, -0.05) is 19.1 Å². The predicted molar refractivity (Wildman–Crippen MR) is 73.1 cm³/mol. The number of thiazole rings is 1. The third-order valence-electron chi connectivity index (χ3n) is 2.87. The zero-order valence-corrected chi connectivity index (χ0v) is 11.4. The van der Waals surface area contributed by atoms with E-state index in [0.29, 0.717) is 0 Å². The highest BCUT2D eigenvalue weighted by molar-refractivity contribution is 7.11. The number of hydrogen-bond donors (Lipinski definition) is 1. The second-order valence-electron chi connectivity index (χ2n) is 4.24. The summed E-state index contributed by atoms with van der Waals surface area (Å²) in [6.07, 6.45) is 2.88. The van der Waals surface area contributed by atoms with Gasteiger partial charge in [-0.3, -0.25) is 0 Å². The van der Waals surface area contributed by atoms with Crippen molar-refractivity contribution in [3.05, 3.63) is 51.7 Å². The molecule has 1 N–H and O–H groups in total. The Hall–Kier alpha value is -1.26. The summed E-state index contributed by atoms with van der Waals surface area (Å²) in [4.78, 5) is 5.46. The van der Waals surface area contributed by atoms with Gasteiger partial charge in [0, 0.05) is 23.7 Å². The van der Waals surface area contributed by atoms with Gasteiger partial charge in [-0.2, -0.15) is 0 Å². The number of halogens is 1. The zero-order chi connectivity index (χ0) is 13.0. The summed E-state index contributed by atoms with van der Waals surface area (Å²) in [7, 11) is 0. The molecule has 2 rings (SSSR count). The average molecular weight is 264 g/mol. The van der Waals surface area contributed by atoms with Gasteiger partial charge in [-0.15, -0.1) is 11.3 Å². The van der Waals surface area contributed by atoms with Crippen LogP contribution in [0.1, 0.15) is 34.8 Å². The van der Waals surface area contributed by atoms with Crippen LogP contribution in [0, 0.1) is 12.7 Å². The molecule has 1 atom stereocenters. The van der Waals surface area contributed by atoms with Crippen molar-refractivity contribution in [2.75, 3.05) is 0 Å². The molecule has 96 valence electrons. The van der Waals surface area contributed by atoms with Crippen molar-refractivity contribution in [3.8, 4) is 0 Å². The lowest BCUT2D eigenvalue weighted by Gasteiger charge is -2.16. The van der Waals surface area contributed by atoms with Gasteiger partial charge in [0.2, 0.25) is 0 Å². The van der Waals surface area contributed by atoms with Crippen LogP contribution in [-0.4, -0.2) is 4.98 Å². The summed E-state index contributed by atoms with van der Waals surface area (Å²) in [6, 6.07) is 6.96. The Bertz CT molecular complexity index is 493. The van der Waals surface area contributed by atoms with Gasteiger partial charge in [0.05, 0.1) is 5.01 Å². The van der Waals surface area contributed by atoms with E-state index >= 15 is 0 Å². The SMILES string of the molecule is CCC(NCc1cnc(C)s1)c1ccc(F)cc1. The minimum atomic E-state index is -0.188. The van der Waals surface area contributed by atoms with E-state index in [2.05, 4.69) is 17.2 Å². The summed E-state index contributed by atoms with van der Waals surface area (Å²) >= 11 is 1.70. The lowest BCUT2D eigenvalue weighted by Crippen LogP contribution is -2.19. The Kier molecular flexibility index (Phi) is 4.44. The van der Waals surface area contributed by atoms with Gasteiger partial charge in [0.25, 0.3) is 0 Å². The van der Waals surface area contributed by atoms with Gasteiger partial charge in [0.15, 0.2) is 0 Å². The van der Waals surface area contributed by atoms with Crippen molar-refractivity contribution in [1.29, 1.82) is 0 Å². The Morgan fingerprint density at radius 1 is 1.33 bits per heavy atom. The van der Waals surface area contributed by atoms with Gasteiger partial charge >= 0.3 is 0 Å². The molecule has 18 heavy (non-hydrogen) atoms. The first kappa shape index (κ1) is 13.2. The highest BCUT2D eigenvalue weighted by atomic mass is 32.1. The Morgan fingerprint density at radius 2 is 2.06 bits per heavy atom. The maximum atomic E-state index is 12.9. The molecule has 2 aromatic rings. The van der Waals surface area contributed by atoms with Crippen LogP contribution in [0.5, 0.6) is 0 Å². The molecule has 0 radical (unpaired) electrons. The second-order valence-corrected chi connectivity index (χ2v) is 5.56. The van der Waals surface area contributed by atoms with Crippen LogP contribution >= 0.6 is 11.3 Å². The number of aromatic nitrogens is 1. The number of hydrogen-bond acceptors (Lipinski definition) is 3. The summed E-state index contributed by atoms with van der Waals surface area (Å²) in [5, 5.41) is 4.57. The highest BCUT2D eigenvalue weighted by Gasteiger charge is 2.09. The third-order valence-corrected chi connectivity index (χ3v) is 3.79. The molecule has 1 aromatic carbocycles. The molecule has 0 fully saturated rings. The van der Waals surface area contributed by atoms with E-state index in [1.165, 1.54) is 17.0 Å². The first-order valence-corrected chi connectivity index (χ1v) is 6.91. The van der Waals surface area contributed by atoms with Gasteiger partial charge in [-0.05, 0) is 31.0 Å². The Labute approximate surface area is 111 Å². The molecule has 0 saturated heterocycles. The molecule has 0 aliphatic carbocycles. The summed E-state index contributed by atoms with van der Waals surface area (Å²) in [6.45, 7) is 4.94. The quantitative estimate of drug-likeness (QED) is 0.887. The van der Waals surface area contributed by atoms with Crippen molar-refractivity contribution in [1.82, 2.24) is 10.3 Å². The monoisotopic (exact) mass is 264 g/mol. The highest BCUT2D eigenvalue weighted by Crippen LogP contribution is 2.19. The van der Waals surface area contributed by atoms with Gasteiger partial charge in [0.1, 0.15) is 5.82 Å². The van der Waals surface area contributed by atoms with Crippen LogP contribution < -0.4 is 5.32 Å². The molecule has 4 heteroatoms. The normalized spacial score (nSPS) is 12.6. The third kappa shape index (κ3) is 3.37. The molecule has 0 amide bonds. The van der Waals surface area contributed by atoms with Crippen molar-refractivity contribution in [3.63, 3.8) is 0 Å². The first-order valence-electron chi connectivity index (χ1n) is 6.09. The van der Waals surface area contributed by atoms with Crippen LogP contribution in [0.15, 0.2) is 30.5 Å². The molecule has 1 aromatic heterocycles. The fraction of sp³-hybridized carbons (Fsp3) is 0.357. The van der Waals surface area contributed by atoms with Crippen LogP contribution in [0.2, 0.25) is 0 Å². The molecule has 0 aliphatic heterocycles. The Morgan fingerprint density at radius 3 is 2.61 bits per heavy atom. The van der Waals surface area contributed by atoms with Crippen molar-refractivity contribution in [2.24, 2.45) is 0 Å². The first-order chi connectivity index (χ1) is 8.69. The van der Waals surface area contributed by atoms with Crippen LogP contribution in [0.3, 0.4) is 0 Å². The predicted octanol–water partition coefficient (Wildman–Crippen LogP) is 3.83. The molecule has 0 saturated carbocycles. The number of aryl methyl sites for hydroxylation is 1. The molecular formula is C14H17FN2S. The smallest absolute Gasteiger partial charge is 0.123 e. The Balaban J connectivity index is 1.99. The van der Waals surface area contributed by atoms with E-state index < -0.39 is 0 Å². The molecule has 0 spiro atoms. The van der Waals surface area contributed by atoms with Crippen molar-refractivity contribution in [2.45, 2.75) is 32.9 Å². The fourth-order valence-corrected chi connectivity index (χ4v) is 2.65.